The molecule has 3 heteroatoms. The first kappa shape index (κ1) is 12.9. The van der Waals surface area contributed by atoms with Crippen molar-refractivity contribution in [3.8, 4) is 0 Å². The highest BCUT2D eigenvalue weighted by Crippen LogP contribution is 2.22. The Hall–Kier alpha value is -1.54. The summed E-state index contributed by atoms with van der Waals surface area (Å²) in [7, 11) is 0. The number of nitrogens with one attached hydrogen (secondary N) is 1. The average Bonchev–Trinajstić information content (AvgIpc) is 2.60. The van der Waals surface area contributed by atoms with Gasteiger partial charge in [0.05, 0.1) is 5.69 Å². The highest BCUT2D eigenvalue weighted by atomic mass is 35.5. The second kappa shape index (κ2) is 4.62. The van der Waals surface area contributed by atoms with Gasteiger partial charge in [-0.3, -0.25) is 4.79 Å². The largest absolute Gasteiger partial charge is 0.356 e. The molecule has 0 aliphatic heterocycles. The predicted octanol–water partition coefficient (Wildman–Crippen LogP) is 4.13. The molecule has 0 atom stereocenters. The number of ketones is 1. The molecule has 2 rings (SSSR count). The van der Waals surface area contributed by atoms with Gasteiger partial charge in [0.1, 0.15) is 0 Å². The van der Waals surface area contributed by atoms with E-state index >= 15 is 0 Å². The van der Waals surface area contributed by atoms with Crippen molar-refractivity contribution in [3.63, 3.8) is 0 Å². The molecule has 0 aliphatic carbocycles. The van der Waals surface area contributed by atoms with Crippen LogP contribution < -0.4 is 0 Å². The summed E-state index contributed by atoms with van der Waals surface area (Å²) in [5, 5.41) is 0.683. The molecule has 2 nitrogen and oxygen atoms in total. The van der Waals surface area contributed by atoms with Crippen molar-refractivity contribution in [3.05, 3.63) is 56.9 Å². The van der Waals surface area contributed by atoms with Gasteiger partial charge >= 0.3 is 0 Å². The highest BCUT2D eigenvalue weighted by Gasteiger charge is 2.17. The summed E-state index contributed by atoms with van der Waals surface area (Å²) in [4.78, 5) is 15.6. The van der Waals surface area contributed by atoms with Crippen LogP contribution in [0.3, 0.4) is 0 Å². The fraction of sp³-hybridized carbons (Fsp3) is 0.267. The van der Waals surface area contributed by atoms with Crippen LogP contribution in [0.4, 0.5) is 0 Å². The van der Waals surface area contributed by atoms with Gasteiger partial charge in [0, 0.05) is 16.3 Å². The van der Waals surface area contributed by atoms with Gasteiger partial charge in [-0.25, -0.2) is 0 Å². The fourth-order valence-corrected chi connectivity index (χ4v) is 2.12. The number of hydrogen-bond donors (Lipinski definition) is 1. The van der Waals surface area contributed by atoms with Crippen LogP contribution >= 0.6 is 11.6 Å². The molecule has 1 N–H and O–H groups in total. The van der Waals surface area contributed by atoms with Gasteiger partial charge in [0.2, 0.25) is 5.78 Å². The van der Waals surface area contributed by atoms with E-state index in [1.54, 1.807) is 12.1 Å². The van der Waals surface area contributed by atoms with Gasteiger partial charge in [-0.05, 0) is 62.6 Å². The van der Waals surface area contributed by atoms with Crippen molar-refractivity contribution >= 4 is 17.4 Å². The quantitative estimate of drug-likeness (QED) is 0.810. The normalized spacial score (nSPS) is 10.7. The van der Waals surface area contributed by atoms with E-state index in [1.807, 2.05) is 33.8 Å². The van der Waals surface area contributed by atoms with E-state index in [2.05, 4.69) is 4.98 Å². The Morgan fingerprint density at radius 2 is 1.78 bits per heavy atom. The fourth-order valence-electron chi connectivity index (χ4n) is 2.00. The number of hydrogen-bond acceptors (Lipinski definition) is 1. The van der Waals surface area contributed by atoms with Crippen LogP contribution in [0.1, 0.15) is 38.4 Å². The Morgan fingerprint density at radius 1 is 1.11 bits per heavy atom. The van der Waals surface area contributed by atoms with Gasteiger partial charge in [0.25, 0.3) is 0 Å². The Balaban J connectivity index is 2.48. The first-order valence-electron chi connectivity index (χ1n) is 5.88. The van der Waals surface area contributed by atoms with Crippen LogP contribution in [0.5, 0.6) is 0 Å². The molecule has 0 fully saturated rings. The maximum absolute atomic E-state index is 12.4. The molecule has 1 aromatic heterocycles. The van der Waals surface area contributed by atoms with Gasteiger partial charge in [-0.1, -0.05) is 11.6 Å². The summed E-state index contributed by atoms with van der Waals surface area (Å²) in [6.45, 7) is 7.86. The smallest absolute Gasteiger partial charge is 0.209 e. The third kappa shape index (κ3) is 2.08. The minimum atomic E-state index is 0.0171. The van der Waals surface area contributed by atoms with Crippen LogP contribution in [0, 0.1) is 27.7 Å². The van der Waals surface area contributed by atoms with E-state index in [4.69, 9.17) is 11.6 Å². The number of halogens is 1. The molecular formula is C15H16ClNO. The topological polar surface area (TPSA) is 32.9 Å². The van der Waals surface area contributed by atoms with E-state index in [0.717, 1.165) is 22.4 Å². The Morgan fingerprint density at radius 3 is 2.28 bits per heavy atom. The molecule has 0 radical (unpaired) electrons. The summed E-state index contributed by atoms with van der Waals surface area (Å²) in [5.41, 5.74) is 5.46. The zero-order chi connectivity index (χ0) is 13.4. The van der Waals surface area contributed by atoms with E-state index < -0.39 is 0 Å². The van der Waals surface area contributed by atoms with Gasteiger partial charge < -0.3 is 4.98 Å². The molecule has 1 aromatic carbocycles. The van der Waals surface area contributed by atoms with E-state index in [-0.39, 0.29) is 5.78 Å². The van der Waals surface area contributed by atoms with Crippen LogP contribution in [-0.2, 0) is 0 Å². The lowest BCUT2D eigenvalue weighted by molar-refractivity contribution is 0.103. The highest BCUT2D eigenvalue weighted by molar-refractivity contribution is 6.31. The SMILES string of the molecule is Cc1cc(C(=O)c2[nH]c(C)c(C)c2C)ccc1Cl. The number of carbonyl (C=O) groups excluding carboxylic acids is 1. The number of rotatable bonds is 2. The Bertz CT molecular complexity index is 626. The van der Waals surface area contributed by atoms with E-state index in [9.17, 15) is 4.79 Å². The first-order valence-corrected chi connectivity index (χ1v) is 6.26. The Labute approximate surface area is 112 Å². The van der Waals surface area contributed by atoms with Crippen molar-refractivity contribution in [1.29, 1.82) is 0 Å². The zero-order valence-electron chi connectivity index (χ0n) is 11.0. The summed E-state index contributed by atoms with van der Waals surface area (Å²) in [6, 6.07) is 5.36. The number of aryl methyl sites for hydroxylation is 2. The number of H-pyrrole nitrogens is 1. The van der Waals surface area contributed by atoms with Gasteiger partial charge in [0.15, 0.2) is 0 Å². The zero-order valence-corrected chi connectivity index (χ0v) is 11.8. The molecule has 1 heterocycles. The molecule has 0 amide bonds. The lowest BCUT2D eigenvalue weighted by Crippen LogP contribution is -2.04. The van der Waals surface area contributed by atoms with Crippen molar-refractivity contribution in [2.75, 3.05) is 0 Å². The molecule has 94 valence electrons. The van der Waals surface area contributed by atoms with Gasteiger partial charge in [-0.15, -0.1) is 0 Å². The molecule has 2 aromatic rings. The van der Waals surface area contributed by atoms with E-state index in [0.29, 0.717) is 16.3 Å². The number of benzene rings is 1. The average molecular weight is 262 g/mol. The van der Waals surface area contributed by atoms with Gasteiger partial charge in [-0.2, -0.15) is 0 Å². The molecular weight excluding hydrogens is 246 g/mol. The Kier molecular flexibility index (Phi) is 3.31. The first-order chi connectivity index (χ1) is 8.41. The van der Waals surface area contributed by atoms with Crippen LogP contribution in [-0.4, -0.2) is 10.8 Å². The third-order valence-corrected chi connectivity index (χ3v) is 3.88. The molecule has 0 aliphatic rings. The molecule has 0 saturated heterocycles. The second-order valence-electron chi connectivity index (χ2n) is 4.67. The molecule has 0 bridgehead atoms. The summed E-state index contributed by atoms with van der Waals surface area (Å²) in [6.07, 6.45) is 0. The minimum Gasteiger partial charge on any atom is -0.356 e. The maximum Gasteiger partial charge on any atom is 0.209 e. The number of carbonyl (C=O) groups is 1. The molecule has 0 spiro atoms. The number of aromatic amines is 1. The number of aromatic nitrogens is 1. The molecule has 0 unspecified atom stereocenters. The third-order valence-electron chi connectivity index (χ3n) is 3.46. The lowest BCUT2D eigenvalue weighted by Gasteiger charge is -2.03. The second-order valence-corrected chi connectivity index (χ2v) is 5.08. The minimum absolute atomic E-state index is 0.0171. The van der Waals surface area contributed by atoms with Crippen LogP contribution in [0.15, 0.2) is 18.2 Å². The standard InChI is InChI=1S/C15H16ClNO/c1-8-7-12(5-6-13(8)16)15(18)14-10(3)9(2)11(4)17-14/h5-7,17H,1-4H3. The summed E-state index contributed by atoms with van der Waals surface area (Å²) >= 11 is 5.97. The summed E-state index contributed by atoms with van der Waals surface area (Å²) < 4.78 is 0. The van der Waals surface area contributed by atoms with Crippen molar-refractivity contribution < 1.29 is 4.79 Å². The lowest BCUT2D eigenvalue weighted by atomic mass is 10.0. The maximum atomic E-state index is 12.4. The van der Waals surface area contributed by atoms with Crippen molar-refractivity contribution in [1.82, 2.24) is 4.98 Å². The van der Waals surface area contributed by atoms with Crippen molar-refractivity contribution in [2.45, 2.75) is 27.7 Å². The molecule has 18 heavy (non-hydrogen) atoms. The van der Waals surface area contributed by atoms with E-state index in [1.165, 1.54) is 0 Å². The summed E-state index contributed by atoms with van der Waals surface area (Å²) in [5.74, 6) is 0.0171. The van der Waals surface area contributed by atoms with Crippen molar-refractivity contribution in [2.24, 2.45) is 0 Å². The monoisotopic (exact) mass is 261 g/mol. The molecule has 0 saturated carbocycles. The van der Waals surface area contributed by atoms with Crippen LogP contribution in [0.25, 0.3) is 0 Å². The van der Waals surface area contributed by atoms with Crippen LogP contribution in [0.2, 0.25) is 5.02 Å². The predicted molar refractivity (Wildman–Crippen MR) is 74.6 cm³/mol.